The fourth-order valence-electron chi connectivity index (χ4n) is 1.43. The van der Waals surface area contributed by atoms with E-state index in [-0.39, 0.29) is 5.69 Å². The molecule has 0 aliphatic heterocycles. The van der Waals surface area contributed by atoms with E-state index >= 15 is 0 Å². The first-order chi connectivity index (χ1) is 8.11. The number of thiazole rings is 1. The monoisotopic (exact) mass is 271 g/mol. The number of aromatic nitrogens is 1. The summed E-state index contributed by atoms with van der Waals surface area (Å²) in [5, 5.41) is 15.0. The Morgan fingerprint density at radius 1 is 1.59 bits per heavy atom. The van der Waals surface area contributed by atoms with E-state index in [0.717, 1.165) is 17.7 Å². The van der Waals surface area contributed by atoms with Gasteiger partial charge < -0.3 is 5.32 Å². The zero-order valence-electron chi connectivity index (χ0n) is 9.07. The van der Waals surface area contributed by atoms with Gasteiger partial charge in [-0.3, -0.25) is 10.1 Å². The van der Waals surface area contributed by atoms with Crippen molar-refractivity contribution in [2.24, 2.45) is 0 Å². The van der Waals surface area contributed by atoms with Crippen LogP contribution in [0.15, 0.2) is 12.1 Å². The van der Waals surface area contributed by atoms with Crippen molar-refractivity contribution in [3.05, 3.63) is 27.3 Å². The molecule has 0 radical (unpaired) electrons. The Morgan fingerprint density at radius 2 is 2.35 bits per heavy atom. The van der Waals surface area contributed by atoms with Crippen molar-refractivity contribution in [1.29, 1.82) is 0 Å². The van der Waals surface area contributed by atoms with E-state index in [4.69, 9.17) is 11.6 Å². The van der Waals surface area contributed by atoms with Crippen molar-refractivity contribution in [3.63, 3.8) is 0 Å². The number of nitrogens with one attached hydrogen (secondary N) is 1. The molecule has 90 valence electrons. The Balaban J connectivity index is 2.51. The van der Waals surface area contributed by atoms with Gasteiger partial charge in [-0.2, -0.15) is 0 Å². The summed E-state index contributed by atoms with van der Waals surface area (Å²) in [4.78, 5) is 14.6. The Morgan fingerprint density at radius 3 is 3.00 bits per heavy atom. The van der Waals surface area contributed by atoms with E-state index in [2.05, 4.69) is 10.3 Å². The van der Waals surface area contributed by atoms with Crippen LogP contribution in [-0.4, -0.2) is 16.5 Å². The molecule has 0 bridgehead atoms. The fourth-order valence-corrected chi connectivity index (χ4v) is 2.66. The zero-order valence-corrected chi connectivity index (χ0v) is 10.6. The van der Waals surface area contributed by atoms with Gasteiger partial charge in [0, 0.05) is 17.6 Å². The molecular weight excluding hydrogens is 262 g/mol. The van der Waals surface area contributed by atoms with Crippen LogP contribution in [0.25, 0.3) is 10.2 Å². The molecule has 5 nitrogen and oxygen atoms in total. The number of nitro benzene ring substituents is 1. The highest BCUT2D eigenvalue weighted by Gasteiger charge is 2.17. The number of fused-ring (bicyclic) bond motifs is 1. The molecular formula is C10H10ClN3O2S. The van der Waals surface area contributed by atoms with Gasteiger partial charge >= 0.3 is 0 Å². The van der Waals surface area contributed by atoms with Crippen molar-refractivity contribution < 1.29 is 4.92 Å². The van der Waals surface area contributed by atoms with Gasteiger partial charge in [-0.05, 0) is 12.5 Å². The summed E-state index contributed by atoms with van der Waals surface area (Å²) in [6.45, 7) is 2.83. The molecule has 0 saturated heterocycles. The highest BCUT2D eigenvalue weighted by Crippen LogP contribution is 2.34. The third-order valence-corrected chi connectivity index (χ3v) is 3.34. The molecule has 2 aromatic rings. The highest BCUT2D eigenvalue weighted by atomic mass is 35.5. The normalized spacial score (nSPS) is 10.7. The summed E-state index contributed by atoms with van der Waals surface area (Å²) in [5.74, 6) is 0. The summed E-state index contributed by atoms with van der Waals surface area (Å²) in [5.41, 5.74) is 0.344. The average molecular weight is 272 g/mol. The van der Waals surface area contributed by atoms with Gasteiger partial charge in [-0.25, -0.2) is 4.98 Å². The summed E-state index contributed by atoms with van der Waals surface area (Å²) in [7, 11) is 0. The molecule has 1 aromatic carbocycles. The SMILES string of the molecule is CCCNc1nc2c([N+](=O)[O-])cc(Cl)cc2s1. The van der Waals surface area contributed by atoms with Crippen LogP contribution >= 0.6 is 22.9 Å². The number of anilines is 1. The number of benzene rings is 1. The molecule has 0 saturated carbocycles. The Bertz CT molecular complexity index is 570. The average Bonchev–Trinajstić information content (AvgIpc) is 2.67. The van der Waals surface area contributed by atoms with E-state index in [1.54, 1.807) is 6.07 Å². The smallest absolute Gasteiger partial charge is 0.297 e. The Hall–Kier alpha value is -1.40. The molecule has 17 heavy (non-hydrogen) atoms. The van der Waals surface area contributed by atoms with E-state index in [0.29, 0.717) is 15.7 Å². The predicted molar refractivity (Wildman–Crippen MR) is 70.1 cm³/mol. The zero-order chi connectivity index (χ0) is 12.4. The van der Waals surface area contributed by atoms with Gasteiger partial charge in [-0.15, -0.1) is 0 Å². The van der Waals surface area contributed by atoms with Crippen molar-refractivity contribution in [1.82, 2.24) is 4.98 Å². The van der Waals surface area contributed by atoms with Crippen LogP contribution in [0, 0.1) is 10.1 Å². The van der Waals surface area contributed by atoms with Gasteiger partial charge in [0.25, 0.3) is 5.69 Å². The van der Waals surface area contributed by atoms with Gasteiger partial charge in [0.1, 0.15) is 0 Å². The van der Waals surface area contributed by atoms with Crippen LogP contribution in [0.5, 0.6) is 0 Å². The summed E-state index contributed by atoms with van der Waals surface area (Å²) in [6.07, 6.45) is 0.971. The van der Waals surface area contributed by atoms with E-state index in [9.17, 15) is 10.1 Å². The fraction of sp³-hybridized carbons (Fsp3) is 0.300. The Kier molecular flexibility index (Phi) is 3.44. The van der Waals surface area contributed by atoms with Crippen LogP contribution in [0.1, 0.15) is 13.3 Å². The van der Waals surface area contributed by atoms with Crippen LogP contribution in [0.3, 0.4) is 0 Å². The van der Waals surface area contributed by atoms with Crippen molar-refractivity contribution in [2.75, 3.05) is 11.9 Å². The molecule has 7 heteroatoms. The number of non-ortho nitro benzene ring substituents is 1. The van der Waals surface area contributed by atoms with Gasteiger partial charge in [0.2, 0.25) is 0 Å². The number of hydrogen-bond acceptors (Lipinski definition) is 5. The minimum Gasteiger partial charge on any atom is -0.361 e. The minimum absolute atomic E-state index is 0.0479. The highest BCUT2D eigenvalue weighted by molar-refractivity contribution is 7.22. The predicted octanol–water partition coefficient (Wildman–Crippen LogP) is 3.68. The lowest BCUT2D eigenvalue weighted by atomic mass is 10.3. The van der Waals surface area contributed by atoms with E-state index in [1.807, 2.05) is 6.92 Å². The maximum Gasteiger partial charge on any atom is 0.297 e. The molecule has 1 heterocycles. The van der Waals surface area contributed by atoms with Crippen molar-refractivity contribution >= 4 is 44.0 Å². The van der Waals surface area contributed by atoms with Crippen LogP contribution < -0.4 is 5.32 Å². The lowest BCUT2D eigenvalue weighted by molar-refractivity contribution is -0.383. The summed E-state index contributed by atoms with van der Waals surface area (Å²) >= 11 is 7.21. The second-order valence-electron chi connectivity index (χ2n) is 3.47. The molecule has 0 spiro atoms. The molecule has 2 rings (SSSR count). The second-order valence-corrected chi connectivity index (χ2v) is 4.94. The van der Waals surface area contributed by atoms with Crippen LogP contribution in [0.2, 0.25) is 5.02 Å². The maximum absolute atomic E-state index is 10.9. The summed E-state index contributed by atoms with van der Waals surface area (Å²) in [6, 6.07) is 3.02. The topological polar surface area (TPSA) is 68.1 Å². The van der Waals surface area contributed by atoms with Crippen molar-refractivity contribution in [3.8, 4) is 0 Å². The number of halogens is 1. The molecule has 1 N–H and O–H groups in total. The summed E-state index contributed by atoms with van der Waals surface area (Å²) < 4.78 is 0.725. The van der Waals surface area contributed by atoms with Gasteiger partial charge in [-0.1, -0.05) is 29.9 Å². The largest absolute Gasteiger partial charge is 0.361 e. The molecule has 0 amide bonds. The first-order valence-electron chi connectivity index (χ1n) is 5.10. The van der Waals surface area contributed by atoms with E-state index in [1.165, 1.54) is 17.4 Å². The van der Waals surface area contributed by atoms with Crippen molar-refractivity contribution in [2.45, 2.75) is 13.3 Å². The first kappa shape index (κ1) is 12.1. The van der Waals surface area contributed by atoms with E-state index < -0.39 is 4.92 Å². The third-order valence-electron chi connectivity index (χ3n) is 2.16. The van der Waals surface area contributed by atoms with Crippen LogP contribution in [0.4, 0.5) is 10.8 Å². The first-order valence-corrected chi connectivity index (χ1v) is 6.29. The number of nitro groups is 1. The molecule has 0 atom stereocenters. The number of nitrogens with zero attached hydrogens (tertiary/aromatic N) is 2. The molecule has 0 fully saturated rings. The van der Waals surface area contributed by atoms with Crippen LogP contribution in [-0.2, 0) is 0 Å². The quantitative estimate of drug-likeness (QED) is 0.680. The van der Waals surface area contributed by atoms with Gasteiger partial charge in [0.05, 0.1) is 9.62 Å². The number of hydrogen-bond donors (Lipinski definition) is 1. The molecule has 0 unspecified atom stereocenters. The molecule has 0 aliphatic rings. The molecule has 1 aromatic heterocycles. The maximum atomic E-state index is 10.9. The Labute approximate surface area is 107 Å². The third kappa shape index (κ3) is 2.48. The lowest BCUT2D eigenvalue weighted by Gasteiger charge is -1.96. The van der Waals surface area contributed by atoms with Gasteiger partial charge in [0.15, 0.2) is 10.6 Å². The standard InChI is InChI=1S/C10H10ClN3O2S/c1-2-3-12-10-13-9-7(14(15)16)4-6(11)5-8(9)17-10/h4-5H,2-3H2,1H3,(H,12,13). The lowest BCUT2D eigenvalue weighted by Crippen LogP contribution is -1.98. The minimum atomic E-state index is -0.461. The molecule has 0 aliphatic carbocycles. The second kappa shape index (κ2) is 4.85. The number of rotatable bonds is 4.